The third kappa shape index (κ3) is 4.46. The summed E-state index contributed by atoms with van der Waals surface area (Å²) in [5.41, 5.74) is 0. The smallest absolute Gasteiger partial charge is 0.0249 e. The summed E-state index contributed by atoms with van der Waals surface area (Å²) < 4.78 is 0. The summed E-state index contributed by atoms with van der Waals surface area (Å²) in [5, 5.41) is 3.84. The number of piperazine rings is 1. The van der Waals surface area contributed by atoms with E-state index in [4.69, 9.17) is 0 Å². The normalized spacial score (nSPS) is 30.3. The molecule has 0 spiro atoms. The summed E-state index contributed by atoms with van der Waals surface area (Å²) in [5.74, 6) is 2.54. The highest BCUT2D eigenvalue weighted by Crippen LogP contribution is 2.31. The van der Waals surface area contributed by atoms with Gasteiger partial charge in [-0.1, -0.05) is 47.0 Å². The quantitative estimate of drug-likeness (QED) is 0.821. The maximum atomic E-state index is 3.84. The molecule has 0 aromatic rings. The molecule has 2 heteroatoms. The van der Waals surface area contributed by atoms with Gasteiger partial charge in [0, 0.05) is 25.2 Å². The van der Waals surface area contributed by atoms with E-state index in [0.717, 1.165) is 23.8 Å². The number of nitrogens with zero attached hydrogens (tertiary/aromatic N) is 1. The van der Waals surface area contributed by atoms with Crippen molar-refractivity contribution in [1.29, 1.82) is 0 Å². The molecule has 2 nitrogen and oxygen atoms in total. The van der Waals surface area contributed by atoms with Gasteiger partial charge in [0.1, 0.15) is 0 Å². The molecule has 1 aliphatic carbocycles. The van der Waals surface area contributed by atoms with Crippen LogP contribution in [0.2, 0.25) is 0 Å². The van der Waals surface area contributed by atoms with Crippen molar-refractivity contribution in [2.75, 3.05) is 19.6 Å². The first-order valence-corrected chi connectivity index (χ1v) is 9.05. The molecule has 2 atom stereocenters. The molecule has 0 aromatic heterocycles. The Morgan fingerprint density at radius 2 is 1.75 bits per heavy atom. The van der Waals surface area contributed by atoms with Gasteiger partial charge in [0.25, 0.3) is 0 Å². The number of nitrogens with one attached hydrogen (secondary N) is 1. The van der Waals surface area contributed by atoms with Gasteiger partial charge < -0.3 is 5.32 Å². The minimum atomic E-state index is 0.696. The molecule has 0 amide bonds. The van der Waals surface area contributed by atoms with Crippen molar-refractivity contribution >= 4 is 0 Å². The highest BCUT2D eigenvalue weighted by atomic mass is 15.2. The van der Waals surface area contributed by atoms with Crippen molar-refractivity contribution in [2.24, 2.45) is 17.8 Å². The molecule has 2 aliphatic rings. The van der Waals surface area contributed by atoms with Gasteiger partial charge in [0.2, 0.25) is 0 Å². The summed E-state index contributed by atoms with van der Waals surface area (Å²) in [6.45, 7) is 13.2. The van der Waals surface area contributed by atoms with Crippen LogP contribution in [0.25, 0.3) is 0 Å². The fourth-order valence-corrected chi connectivity index (χ4v) is 3.97. The first-order chi connectivity index (χ1) is 9.58. The zero-order chi connectivity index (χ0) is 14.5. The number of hydrogen-bond donors (Lipinski definition) is 1. The summed E-state index contributed by atoms with van der Waals surface area (Å²) >= 11 is 0. The molecular formula is C18H36N2. The van der Waals surface area contributed by atoms with Crippen LogP contribution in [0.15, 0.2) is 0 Å². The van der Waals surface area contributed by atoms with Gasteiger partial charge in [0.05, 0.1) is 0 Å². The lowest BCUT2D eigenvalue weighted by atomic mass is 9.81. The van der Waals surface area contributed by atoms with Crippen LogP contribution in [0.1, 0.15) is 66.2 Å². The lowest BCUT2D eigenvalue weighted by Crippen LogP contribution is -2.60. The fourth-order valence-electron chi connectivity index (χ4n) is 3.97. The van der Waals surface area contributed by atoms with Crippen LogP contribution >= 0.6 is 0 Å². The van der Waals surface area contributed by atoms with E-state index < -0.39 is 0 Å². The van der Waals surface area contributed by atoms with Gasteiger partial charge in [0.15, 0.2) is 0 Å². The molecule has 0 radical (unpaired) electrons. The Morgan fingerprint density at radius 1 is 1.05 bits per heavy atom. The van der Waals surface area contributed by atoms with Crippen LogP contribution in [-0.2, 0) is 0 Å². The van der Waals surface area contributed by atoms with Crippen molar-refractivity contribution in [3.63, 3.8) is 0 Å². The van der Waals surface area contributed by atoms with Crippen molar-refractivity contribution in [3.05, 3.63) is 0 Å². The Kier molecular flexibility index (Phi) is 6.35. The van der Waals surface area contributed by atoms with Gasteiger partial charge in [-0.05, 0) is 43.6 Å². The van der Waals surface area contributed by atoms with Crippen LogP contribution < -0.4 is 5.32 Å². The van der Waals surface area contributed by atoms with Crippen molar-refractivity contribution < 1.29 is 0 Å². The Balaban J connectivity index is 1.96. The maximum Gasteiger partial charge on any atom is 0.0249 e. The van der Waals surface area contributed by atoms with Crippen molar-refractivity contribution in [1.82, 2.24) is 10.2 Å². The molecule has 118 valence electrons. The fraction of sp³-hybridized carbons (Fsp3) is 1.00. The zero-order valence-corrected chi connectivity index (χ0v) is 14.2. The van der Waals surface area contributed by atoms with Crippen molar-refractivity contribution in [2.45, 2.75) is 78.3 Å². The van der Waals surface area contributed by atoms with E-state index in [0.29, 0.717) is 6.04 Å². The maximum absolute atomic E-state index is 3.84. The van der Waals surface area contributed by atoms with E-state index in [2.05, 4.69) is 37.9 Å². The summed E-state index contributed by atoms with van der Waals surface area (Å²) in [6.07, 6.45) is 8.69. The Hall–Kier alpha value is -0.0800. The molecule has 2 rings (SSSR count). The lowest BCUT2D eigenvalue weighted by Gasteiger charge is -2.46. The molecular weight excluding hydrogens is 244 g/mol. The van der Waals surface area contributed by atoms with Crippen molar-refractivity contribution in [3.8, 4) is 0 Å². The molecule has 1 saturated carbocycles. The van der Waals surface area contributed by atoms with Gasteiger partial charge >= 0.3 is 0 Å². The predicted molar refractivity (Wildman–Crippen MR) is 88.0 cm³/mol. The van der Waals surface area contributed by atoms with Crippen LogP contribution in [0, 0.1) is 17.8 Å². The predicted octanol–water partition coefficient (Wildman–Crippen LogP) is 3.91. The molecule has 2 fully saturated rings. The van der Waals surface area contributed by atoms with Crippen LogP contribution in [0.5, 0.6) is 0 Å². The van der Waals surface area contributed by atoms with Crippen LogP contribution in [0.3, 0.4) is 0 Å². The van der Waals surface area contributed by atoms with E-state index in [9.17, 15) is 0 Å². The molecule has 1 aliphatic heterocycles. The second-order valence-corrected chi connectivity index (χ2v) is 7.90. The lowest BCUT2D eigenvalue weighted by molar-refractivity contribution is 0.0580. The largest absolute Gasteiger partial charge is 0.311 e. The van der Waals surface area contributed by atoms with Crippen LogP contribution in [0.4, 0.5) is 0 Å². The highest BCUT2D eigenvalue weighted by Gasteiger charge is 2.34. The van der Waals surface area contributed by atoms with Gasteiger partial charge in [-0.15, -0.1) is 0 Å². The molecule has 0 aromatic carbocycles. The third-order valence-electron chi connectivity index (χ3n) is 5.48. The molecule has 1 heterocycles. The van der Waals surface area contributed by atoms with E-state index in [-0.39, 0.29) is 0 Å². The van der Waals surface area contributed by atoms with E-state index in [1.54, 1.807) is 0 Å². The number of rotatable bonds is 5. The monoisotopic (exact) mass is 280 g/mol. The van der Waals surface area contributed by atoms with Gasteiger partial charge in [-0.2, -0.15) is 0 Å². The summed E-state index contributed by atoms with van der Waals surface area (Å²) in [6, 6.07) is 1.51. The average Bonchev–Trinajstić information content (AvgIpc) is 2.45. The first kappa shape index (κ1) is 16.3. The second kappa shape index (κ2) is 7.79. The average molecular weight is 281 g/mol. The highest BCUT2D eigenvalue weighted by molar-refractivity contribution is 4.91. The Morgan fingerprint density at radius 3 is 2.35 bits per heavy atom. The Labute approximate surface area is 126 Å². The molecule has 2 unspecified atom stereocenters. The van der Waals surface area contributed by atoms with Gasteiger partial charge in [-0.25, -0.2) is 0 Å². The van der Waals surface area contributed by atoms with Gasteiger partial charge in [-0.3, -0.25) is 4.90 Å². The third-order valence-corrected chi connectivity index (χ3v) is 5.48. The summed E-state index contributed by atoms with van der Waals surface area (Å²) in [7, 11) is 0. The first-order valence-electron chi connectivity index (χ1n) is 9.05. The molecule has 0 bridgehead atoms. The van der Waals surface area contributed by atoms with E-state index in [1.165, 1.54) is 58.2 Å². The zero-order valence-electron chi connectivity index (χ0n) is 14.2. The van der Waals surface area contributed by atoms with E-state index in [1.807, 2.05) is 0 Å². The summed E-state index contributed by atoms with van der Waals surface area (Å²) in [4.78, 5) is 2.84. The minimum absolute atomic E-state index is 0.696. The molecule has 20 heavy (non-hydrogen) atoms. The standard InChI is InChI=1S/C18H36N2/c1-14(2)10-11-20-13-17(15(3)4)19-12-18(20)16-8-6-5-7-9-16/h14-19H,5-13H2,1-4H3. The number of hydrogen-bond acceptors (Lipinski definition) is 2. The molecule has 1 N–H and O–H groups in total. The second-order valence-electron chi connectivity index (χ2n) is 7.90. The Bertz CT molecular complexity index is 269. The van der Waals surface area contributed by atoms with E-state index >= 15 is 0 Å². The molecule has 1 saturated heterocycles. The minimum Gasteiger partial charge on any atom is -0.311 e. The topological polar surface area (TPSA) is 15.3 Å². The van der Waals surface area contributed by atoms with Crippen LogP contribution in [-0.4, -0.2) is 36.6 Å². The SMILES string of the molecule is CC(C)CCN1CC(C(C)C)NCC1C1CCCCC1.